The maximum absolute atomic E-state index is 14.3. The first-order valence-corrected chi connectivity index (χ1v) is 14.5. The molecule has 248 valence electrons. The SMILES string of the molecule is COC1=NO[C@@]2(CC[C@H](C)N3C[C@H]2n2cc(C(=O)NCc4ccc(F)cc4F)c(=O)c(OCOC(=O)OC[C@@H](C)OC)c2C3=O)C1. The molecular weight excluding hydrogens is 614 g/mol. The van der Waals surface area contributed by atoms with Crippen molar-refractivity contribution in [2.24, 2.45) is 5.16 Å². The monoisotopic (exact) mass is 648 g/mol. The van der Waals surface area contributed by atoms with Crippen molar-refractivity contribution in [3.8, 4) is 5.75 Å². The molecule has 0 unspecified atom stereocenters. The van der Waals surface area contributed by atoms with Crippen molar-refractivity contribution in [3.05, 3.63) is 63.1 Å². The van der Waals surface area contributed by atoms with Gasteiger partial charge >= 0.3 is 6.16 Å². The van der Waals surface area contributed by atoms with Crippen molar-refractivity contribution in [1.29, 1.82) is 0 Å². The summed E-state index contributed by atoms with van der Waals surface area (Å²) in [7, 11) is 2.90. The van der Waals surface area contributed by atoms with Gasteiger partial charge in [0.15, 0.2) is 11.3 Å². The van der Waals surface area contributed by atoms with Gasteiger partial charge in [0.25, 0.3) is 11.8 Å². The summed E-state index contributed by atoms with van der Waals surface area (Å²) in [5, 5.41) is 6.54. The van der Waals surface area contributed by atoms with Gasteiger partial charge in [0.2, 0.25) is 23.9 Å². The Kier molecular flexibility index (Phi) is 9.46. The van der Waals surface area contributed by atoms with E-state index in [9.17, 15) is 28.0 Å². The van der Waals surface area contributed by atoms with Crippen LogP contribution in [-0.4, -0.2) is 85.2 Å². The number of ether oxygens (including phenoxy) is 5. The lowest BCUT2D eigenvalue weighted by atomic mass is 9.85. The molecule has 1 saturated heterocycles. The Morgan fingerprint density at radius 2 is 2.00 bits per heavy atom. The summed E-state index contributed by atoms with van der Waals surface area (Å²) >= 11 is 0. The molecule has 2 aromatic rings. The van der Waals surface area contributed by atoms with E-state index in [1.165, 1.54) is 25.0 Å². The minimum Gasteiger partial charge on any atom is -0.482 e. The van der Waals surface area contributed by atoms with Gasteiger partial charge in [-0.1, -0.05) is 11.2 Å². The highest BCUT2D eigenvalue weighted by atomic mass is 19.1. The van der Waals surface area contributed by atoms with Crippen molar-refractivity contribution in [2.75, 3.05) is 34.2 Å². The molecular formula is C30H34F2N4O10. The molecule has 0 radical (unpaired) electrons. The predicted octanol–water partition coefficient (Wildman–Crippen LogP) is 2.88. The minimum absolute atomic E-state index is 0.0230. The van der Waals surface area contributed by atoms with Gasteiger partial charge in [-0.3, -0.25) is 14.4 Å². The van der Waals surface area contributed by atoms with Crippen LogP contribution in [0.5, 0.6) is 5.75 Å². The first-order chi connectivity index (χ1) is 22.0. The lowest BCUT2D eigenvalue weighted by molar-refractivity contribution is -0.0658. The zero-order valence-electron chi connectivity index (χ0n) is 25.7. The molecule has 14 nitrogen and oxygen atoms in total. The summed E-state index contributed by atoms with van der Waals surface area (Å²) in [5.41, 5.74) is -2.64. The van der Waals surface area contributed by atoms with Crippen LogP contribution < -0.4 is 15.5 Å². The Hall–Kier alpha value is -4.73. The molecule has 46 heavy (non-hydrogen) atoms. The lowest BCUT2D eigenvalue weighted by Gasteiger charge is -2.42. The molecule has 1 aromatic heterocycles. The molecule has 4 atom stereocenters. The molecule has 16 heteroatoms. The van der Waals surface area contributed by atoms with Crippen LogP contribution in [0.25, 0.3) is 0 Å². The van der Waals surface area contributed by atoms with E-state index in [-0.39, 0.29) is 43.4 Å². The molecule has 2 bridgehead atoms. The number of rotatable bonds is 9. The molecule has 3 aliphatic rings. The molecule has 1 spiro atoms. The van der Waals surface area contributed by atoms with Crippen LogP contribution in [0.2, 0.25) is 0 Å². The molecule has 3 aliphatic heterocycles. The van der Waals surface area contributed by atoms with Gasteiger partial charge in [0.05, 0.1) is 25.7 Å². The Bertz CT molecular complexity index is 1610. The van der Waals surface area contributed by atoms with Gasteiger partial charge in [-0.05, 0) is 32.8 Å². The van der Waals surface area contributed by atoms with Gasteiger partial charge in [0, 0.05) is 44.1 Å². The quantitative estimate of drug-likeness (QED) is 0.317. The number of carbonyl (C=O) groups is 3. The van der Waals surface area contributed by atoms with E-state index in [1.54, 1.807) is 11.8 Å². The van der Waals surface area contributed by atoms with Crippen LogP contribution in [0.4, 0.5) is 13.6 Å². The summed E-state index contributed by atoms with van der Waals surface area (Å²) in [6.45, 7) is 2.37. The normalized spacial score (nSPS) is 22.3. The fourth-order valence-electron chi connectivity index (χ4n) is 5.68. The van der Waals surface area contributed by atoms with E-state index < -0.39 is 70.9 Å². The number of hydrogen-bond acceptors (Lipinski definition) is 11. The molecule has 1 aromatic carbocycles. The van der Waals surface area contributed by atoms with E-state index in [4.69, 9.17) is 28.5 Å². The highest BCUT2D eigenvalue weighted by Gasteiger charge is 2.55. The van der Waals surface area contributed by atoms with Gasteiger partial charge < -0.3 is 43.3 Å². The average Bonchev–Trinajstić information content (AvgIpc) is 3.42. The van der Waals surface area contributed by atoms with E-state index in [2.05, 4.69) is 10.5 Å². The Labute approximate surface area is 262 Å². The van der Waals surface area contributed by atoms with Gasteiger partial charge in [-0.15, -0.1) is 0 Å². The maximum Gasteiger partial charge on any atom is 0.511 e. The summed E-state index contributed by atoms with van der Waals surface area (Å²) in [6.07, 6.45) is 0.955. The third-order valence-corrected chi connectivity index (χ3v) is 8.42. The highest BCUT2D eigenvalue weighted by molar-refractivity contribution is 5.99. The lowest BCUT2D eigenvalue weighted by Crippen LogP contribution is -2.52. The smallest absolute Gasteiger partial charge is 0.482 e. The number of oxime groups is 1. The van der Waals surface area contributed by atoms with E-state index in [0.29, 0.717) is 24.8 Å². The first kappa shape index (κ1) is 32.7. The number of benzene rings is 1. The Morgan fingerprint density at radius 1 is 1.22 bits per heavy atom. The number of amides is 2. The fourth-order valence-corrected chi connectivity index (χ4v) is 5.68. The van der Waals surface area contributed by atoms with E-state index in [1.807, 2.05) is 6.92 Å². The molecule has 4 heterocycles. The van der Waals surface area contributed by atoms with Crippen molar-refractivity contribution >= 4 is 23.9 Å². The largest absolute Gasteiger partial charge is 0.511 e. The third-order valence-electron chi connectivity index (χ3n) is 8.42. The minimum atomic E-state index is -1.12. The topological polar surface area (TPSA) is 156 Å². The summed E-state index contributed by atoms with van der Waals surface area (Å²) in [6, 6.07) is 1.95. The maximum atomic E-state index is 14.3. The number of aromatic nitrogens is 1. The number of nitrogens with one attached hydrogen (secondary N) is 1. The number of hydrogen-bond donors (Lipinski definition) is 1. The van der Waals surface area contributed by atoms with Crippen molar-refractivity contribution in [2.45, 2.75) is 63.4 Å². The first-order valence-electron chi connectivity index (χ1n) is 14.5. The molecule has 2 amide bonds. The van der Waals surface area contributed by atoms with Crippen LogP contribution in [0, 0.1) is 11.6 Å². The van der Waals surface area contributed by atoms with Crippen LogP contribution in [0.3, 0.4) is 0 Å². The summed E-state index contributed by atoms with van der Waals surface area (Å²) < 4.78 is 55.0. The third kappa shape index (κ3) is 6.34. The zero-order valence-corrected chi connectivity index (χ0v) is 25.7. The second-order valence-electron chi connectivity index (χ2n) is 11.3. The molecule has 5 rings (SSSR count). The predicted molar refractivity (Wildman–Crippen MR) is 154 cm³/mol. The van der Waals surface area contributed by atoms with Crippen LogP contribution >= 0.6 is 0 Å². The molecule has 0 saturated carbocycles. The molecule has 0 aliphatic carbocycles. The van der Waals surface area contributed by atoms with E-state index >= 15 is 0 Å². The van der Waals surface area contributed by atoms with Gasteiger partial charge in [-0.2, -0.15) is 0 Å². The van der Waals surface area contributed by atoms with Gasteiger partial charge in [0.1, 0.15) is 23.8 Å². The van der Waals surface area contributed by atoms with Gasteiger partial charge in [-0.25, -0.2) is 13.6 Å². The van der Waals surface area contributed by atoms with Crippen molar-refractivity contribution in [1.82, 2.24) is 14.8 Å². The molecule has 1 N–H and O–H groups in total. The number of fused-ring (bicyclic) bond motifs is 5. The Morgan fingerprint density at radius 3 is 2.70 bits per heavy atom. The number of nitrogens with zero attached hydrogens (tertiary/aromatic N) is 3. The average molecular weight is 649 g/mol. The number of methoxy groups -OCH3 is 2. The highest BCUT2D eigenvalue weighted by Crippen LogP contribution is 2.46. The second kappa shape index (κ2) is 13.3. The van der Waals surface area contributed by atoms with Crippen molar-refractivity contribution < 1.29 is 51.7 Å². The second-order valence-corrected chi connectivity index (χ2v) is 11.3. The van der Waals surface area contributed by atoms with E-state index in [0.717, 1.165) is 12.1 Å². The number of halogens is 2. The standard InChI is InChI=1S/C30H34F2N4O10/c1-16-7-8-30(10-23(42-4)34-46-30)22-13-35(16)28(39)24-26(44-15-45-29(40)43-14-17(2)41-3)25(37)20(12-36(22)24)27(38)33-11-18-5-6-19(31)9-21(18)32/h5-6,9,12,16-17,22H,7-8,10-11,13-15H2,1-4H3,(H,33,38)/t16-,17+,22+,30-/m0/s1. The summed E-state index contributed by atoms with van der Waals surface area (Å²) in [4.78, 5) is 60.9. The molecule has 1 fully saturated rings. The number of pyridine rings is 1. The van der Waals surface area contributed by atoms with Crippen LogP contribution in [0.15, 0.2) is 34.3 Å². The summed E-state index contributed by atoms with van der Waals surface area (Å²) in [5.74, 6) is -3.35. The Balaban J connectivity index is 1.52. The number of carbonyl (C=O) groups excluding carboxylic acids is 3. The van der Waals surface area contributed by atoms with Crippen LogP contribution in [0.1, 0.15) is 65.6 Å². The fraction of sp³-hybridized carbons (Fsp3) is 0.500. The van der Waals surface area contributed by atoms with Crippen LogP contribution in [-0.2, 0) is 30.3 Å². The van der Waals surface area contributed by atoms with Crippen molar-refractivity contribution in [3.63, 3.8) is 0 Å². The zero-order chi connectivity index (χ0) is 33.2.